The number of para-hydroxylation sites is 1. The zero-order valence-corrected chi connectivity index (χ0v) is 26.5. The van der Waals surface area contributed by atoms with Crippen LogP contribution in [0.25, 0.3) is 33.3 Å². The Morgan fingerprint density at radius 3 is 2.44 bits per heavy atom. The summed E-state index contributed by atoms with van der Waals surface area (Å²) in [5.41, 5.74) is 4.55. The number of oxazole rings is 1. The summed E-state index contributed by atoms with van der Waals surface area (Å²) in [5, 5.41) is 13.2. The third kappa shape index (κ3) is 6.13. The minimum Gasteiger partial charge on any atom is -0.546 e. The number of carbonyl (C=O) groups is 1. The minimum atomic E-state index is -1.26. The maximum Gasteiger partial charge on any atom is 1.00 e. The van der Waals surface area contributed by atoms with Crippen LogP contribution in [0.5, 0.6) is 17.2 Å². The van der Waals surface area contributed by atoms with Crippen molar-refractivity contribution in [1.82, 2.24) is 9.55 Å². The van der Waals surface area contributed by atoms with E-state index in [1.807, 2.05) is 91.9 Å². The van der Waals surface area contributed by atoms with Crippen molar-refractivity contribution >= 4 is 27.8 Å². The van der Waals surface area contributed by atoms with Crippen LogP contribution in [0.4, 0.5) is 0 Å². The summed E-state index contributed by atoms with van der Waals surface area (Å²) in [6.07, 6.45) is -1.08. The van der Waals surface area contributed by atoms with E-state index < -0.39 is 12.1 Å². The van der Waals surface area contributed by atoms with Crippen molar-refractivity contribution in [1.29, 1.82) is 0 Å². The van der Waals surface area contributed by atoms with Gasteiger partial charge in [-0.05, 0) is 61.9 Å². The summed E-state index contributed by atoms with van der Waals surface area (Å²) in [7, 11) is 1.61. The van der Waals surface area contributed by atoms with Crippen LogP contribution < -0.4 is 48.9 Å². The molecule has 0 aliphatic heterocycles. The number of carboxylic acids is 1. The smallest absolute Gasteiger partial charge is 0.546 e. The number of hydrogen-bond donors (Lipinski definition) is 0. The third-order valence-electron chi connectivity index (χ3n) is 7.24. The molecule has 0 bridgehead atoms. The summed E-state index contributed by atoms with van der Waals surface area (Å²) in [4.78, 5) is 16.0. The first-order valence-electron chi connectivity index (χ1n) is 13.6. The molecule has 0 spiro atoms. The molecule has 0 aliphatic carbocycles. The number of aromatic nitrogens is 2. The number of rotatable bonds is 10. The van der Waals surface area contributed by atoms with E-state index in [9.17, 15) is 9.90 Å². The number of carboxylic acid groups (broad SMARTS) is 1. The predicted molar refractivity (Wildman–Crippen MR) is 158 cm³/mol. The van der Waals surface area contributed by atoms with Gasteiger partial charge >= 0.3 is 29.6 Å². The SMILES string of the molecule is COc1cc(Cn2c3ccccc3c3c(O[C@@H](C)C(=O)[O-])cccc32)ccc1OCc1nc(-c2ccccc2)oc1C.[Na+]. The summed E-state index contributed by atoms with van der Waals surface area (Å²) in [6, 6.07) is 29.3. The number of aliphatic carboxylic acids is 1. The molecular formula is C34H29N2NaO6. The van der Waals surface area contributed by atoms with Gasteiger partial charge in [-0.3, -0.25) is 0 Å². The Bertz CT molecular complexity index is 1900. The van der Waals surface area contributed by atoms with Crippen molar-refractivity contribution in [3.05, 3.63) is 108 Å². The maximum atomic E-state index is 11.4. The summed E-state index contributed by atoms with van der Waals surface area (Å²) in [6.45, 7) is 4.12. The van der Waals surface area contributed by atoms with Gasteiger partial charge in [0.2, 0.25) is 5.89 Å². The molecule has 1 atom stereocenters. The van der Waals surface area contributed by atoms with Gasteiger partial charge in [-0.25, -0.2) is 4.98 Å². The molecule has 0 radical (unpaired) electrons. The monoisotopic (exact) mass is 584 g/mol. The first-order valence-corrected chi connectivity index (χ1v) is 13.6. The molecule has 212 valence electrons. The molecule has 0 saturated carbocycles. The van der Waals surface area contributed by atoms with Crippen LogP contribution in [0.15, 0.2) is 95.4 Å². The Balaban J connectivity index is 0.00000368. The van der Waals surface area contributed by atoms with Crippen molar-refractivity contribution in [2.45, 2.75) is 33.1 Å². The van der Waals surface area contributed by atoms with Crippen LogP contribution in [0.1, 0.15) is 23.9 Å². The van der Waals surface area contributed by atoms with Crippen LogP contribution in [-0.4, -0.2) is 28.7 Å². The van der Waals surface area contributed by atoms with Gasteiger partial charge < -0.3 is 33.1 Å². The van der Waals surface area contributed by atoms with Crippen LogP contribution in [0.2, 0.25) is 0 Å². The molecule has 0 aliphatic rings. The number of ether oxygens (including phenoxy) is 3. The first kappa shape index (κ1) is 30.2. The Kier molecular flexibility index (Phi) is 9.11. The van der Waals surface area contributed by atoms with E-state index in [2.05, 4.69) is 9.55 Å². The summed E-state index contributed by atoms with van der Waals surface area (Å²) < 4.78 is 25.7. The summed E-state index contributed by atoms with van der Waals surface area (Å²) in [5.74, 6) is 1.69. The van der Waals surface area contributed by atoms with Gasteiger partial charge in [0.25, 0.3) is 0 Å². The molecular weight excluding hydrogens is 555 g/mol. The average Bonchev–Trinajstić information content (AvgIpc) is 3.54. The van der Waals surface area contributed by atoms with Crippen LogP contribution in [0.3, 0.4) is 0 Å². The number of fused-ring (bicyclic) bond motifs is 3. The zero-order chi connectivity index (χ0) is 29.2. The first-order chi connectivity index (χ1) is 20.4. The van der Waals surface area contributed by atoms with Crippen molar-refractivity contribution in [2.75, 3.05) is 7.11 Å². The molecule has 43 heavy (non-hydrogen) atoms. The van der Waals surface area contributed by atoms with Gasteiger partial charge in [0, 0.05) is 28.4 Å². The molecule has 9 heteroatoms. The fraction of sp³-hybridized carbons (Fsp3) is 0.176. The van der Waals surface area contributed by atoms with Gasteiger partial charge in [0.1, 0.15) is 29.9 Å². The van der Waals surface area contributed by atoms with Crippen LogP contribution >= 0.6 is 0 Å². The van der Waals surface area contributed by atoms with E-state index in [4.69, 9.17) is 18.6 Å². The van der Waals surface area contributed by atoms with Gasteiger partial charge in [-0.1, -0.05) is 48.5 Å². The molecule has 0 fully saturated rings. The van der Waals surface area contributed by atoms with E-state index in [1.54, 1.807) is 13.2 Å². The van der Waals surface area contributed by atoms with E-state index in [0.717, 1.165) is 38.6 Å². The topological polar surface area (TPSA) is 98.8 Å². The second kappa shape index (κ2) is 13.0. The van der Waals surface area contributed by atoms with Crippen molar-refractivity contribution in [2.24, 2.45) is 0 Å². The molecule has 2 aromatic heterocycles. The number of nitrogens with zero attached hydrogens (tertiary/aromatic N) is 2. The van der Waals surface area contributed by atoms with Crippen molar-refractivity contribution in [3.8, 4) is 28.7 Å². The zero-order valence-electron chi connectivity index (χ0n) is 24.5. The molecule has 8 nitrogen and oxygen atoms in total. The van der Waals surface area contributed by atoms with Gasteiger partial charge in [0.05, 0.1) is 18.6 Å². The molecule has 0 N–H and O–H groups in total. The number of carbonyl (C=O) groups excluding carboxylic acids is 1. The van der Waals surface area contributed by atoms with Gasteiger partial charge in [-0.2, -0.15) is 0 Å². The fourth-order valence-corrected chi connectivity index (χ4v) is 5.10. The Hall–Kier alpha value is -4.24. The molecule has 6 rings (SSSR count). The Labute approximate surface area is 271 Å². The number of aryl methyl sites for hydroxylation is 1. The maximum absolute atomic E-state index is 11.4. The molecule has 2 heterocycles. The number of hydrogen-bond acceptors (Lipinski definition) is 7. The predicted octanol–water partition coefficient (Wildman–Crippen LogP) is 2.92. The normalized spacial score (nSPS) is 11.7. The van der Waals surface area contributed by atoms with E-state index in [0.29, 0.717) is 35.4 Å². The Morgan fingerprint density at radius 1 is 0.930 bits per heavy atom. The molecule has 0 saturated heterocycles. The summed E-state index contributed by atoms with van der Waals surface area (Å²) >= 11 is 0. The van der Waals surface area contributed by atoms with E-state index >= 15 is 0 Å². The number of benzene rings is 4. The molecule has 6 aromatic rings. The quantitative estimate of drug-likeness (QED) is 0.229. The van der Waals surface area contributed by atoms with Gasteiger partial charge in [-0.15, -0.1) is 0 Å². The van der Waals surface area contributed by atoms with E-state index in [-0.39, 0.29) is 36.2 Å². The van der Waals surface area contributed by atoms with Crippen LogP contribution in [0, 0.1) is 6.92 Å². The second-order valence-electron chi connectivity index (χ2n) is 9.99. The van der Waals surface area contributed by atoms with E-state index in [1.165, 1.54) is 6.92 Å². The fourth-order valence-electron chi connectivity index (χ4n) is 5.10. The van der Waals surface area contributed by atoms with Crippen LogP contribution in [-0.2, 0) is 17.9 Å². The van der Waals surface area contributed by atoms with Crippen molar-refractivity contribution < 1.29 is 58.1 Å². The Morgan fingerprint density at radius 2 is 1.67 bits per heavy atom. The average molecular weight is 585 g/mol. The number of methoxy groups -OCH3 is 1. The second-order valence-corrected chi connectivity index (χ2v) is 9.99. The molecule has 4 aromatic carbocycles. The van der Waals surface area contributed by atoms with Gasteiger partial charge in [0.15, 0.2) is 11.5 Å². The largest absolute Gasteiger partial charge is 1.00 e. The third-order valence-corrected chi connectivity index (χ3v) is 7.24. The molecule has 0 unspecified atom stereocenters. The molecule has 0 amide bonds. The minimum absolute atomic E-state index is 0. The van der Waals surface area contributed by atoms with Crippen molar-refractivity contribution in [3.63, 3.8) is 0 Å². The standard InChI is InChI=1S/C34H30N2O6.Na/c1-21-26(35-33(42-21)24-10-5-4-6-11-24)20-40-29-17-16-23(18-31(29)39-3)19-36-27-13-8-7-12-25(27)32-28(36)14-9-15-30(32)41-22(2)34(37)38;/h4-18,22H,19-20H2,1-3H3,(H,37,38);/q;+1/p-1/t22-;/m0./s1.